The van der Waals surface area contributed by atoms with Crippen molar-refractivity contribution < 1.29 is 4.79 Å². The van der Waals surface area contributed by atoms with Crippen molar-refractivity contribution in [1.29, 1.82) is 0 Å². The molecular formula is C18H22N2O. The summed E-state index contributed by atoms with van der Waals surface area (Å²) in [4.78, 5) is 12.2. The molecule has 0 saturated heterocycles. The molecule has 0 heterocycles. The quantitative estimate of drug-likeness (QED) is 0.810. The molecule has 2 amide bonds. The van der Waals surface area contributed by atoms with Gasteiger partial charge in [0.05, 0.1) is 0 Å². The highest BCUT2D eigenvalue weighted by molar-refractivity contribution is 6.01. The Bertz CT molecular complexity index is 667. The Morgan fingerprint density at radius 1 is 0.762 bits per heavy atom. The van der Waals surface area contributed by atoms with Gasteiger partial charge >= 0.3 is 6.03 Å². The summed E-state index contributed by atoms with van der Waals surface area (Å²) in [6, 6.07) is 9.95. The number of benzene rings is 2. The highest BCUT2D eigenvalue weighted by Crippen LogP contribution is 2.23. The molecule has 110 valence electrons. The predicted molar refractivity (Wildman–Crippen MR) is 89.2 cm³/mol. The molecule has 2 rings (SSSR count). The minimum atomic E-state index is -0.209. The Balaban J connectivity index is 2.17. The molecule has 0 aliphatic heterocycles. The van der Waals surface area contributed by atoms with Crippen LogP contribution < -0.4 is 10.6 Å². The highest BCUT2D eigenvalue weighted by atomic mass is 16.2. The van der Waals surface area contributed by atoms with Crippen LogP contribution in [0.1, 0.15) is 27.8 Å². The van der Waals surface area contributed by atoms with Gasteiger partial charge in [-0.15, -0.1) is 0 Å². The average molecular weight is 282 g/mol. The molecule has 3 heteroatoms. The Morgan fingerprint density at radius 3 is 2.00 bits per heavy atom. The van der Waals surface area contributed by atoms with E-state index >= 15 is 0 Å². The minimum Gasteiger partial charge on any atom is -0.307 e. The van der Waals surface area contributed by atoms with Gasteiger partial charge in [-0.05, 0) is 62.9 Å². The zero-order chi connectivity index (χ0) is 15.6. The number of hydrogen-bond donors (Lipinski definition) is 2. The van der Waals surface area contributed by atoms with E-state index in [4.69, 9.17) is 0 Å². The summed E-state index contributed by atoms with van der Waals surface area (Å²) in [6.07, 6.45) is 0. The third-order valence-electron chi connectivity index (χ3n) is 3.56. The summed E-state index contributed by atoms with van der Waals surface area (Å²) in [6.45, 7) is 10.1. The number of aryl methyl sites for hydroxylation is 5. The first-order valence-electron chi connectivity index (χ1n) is 7.10. The van der Waals surface area contributed by atoms with E-state index in [-0.39, 0.29) is 6.03 Å². The molecule has 0 spiro atoms. The maximum Gasteiger partial charge on any atom is 0.323 e. The summed E-state index contributed by atoms with van der Waals surface area (Å²) in [7, 11) is 0. The number of amides is 2. The summed E-state index contributed by atoms with van der Waals surface area (Å²) in [5.74, 6) is 0. The van der Waals surface area contributed by atoms with E-state index in [9.17, 15) is 4.79 Å². The predicted octanol–water partition coefficient (Wildman–Crippen LogP) is 4.87. The Morgan fingerprint density at radius 2 is 1.38 bits per heavy atom. The lowest BCUT2D eigenvalue weighted by molar-refractivity contribution is 0.262. The lowest BCUT2D eigenvalue weighted by Gasteiger charge is -2.14. The zero-order valence-corrected chi connectivity index (χ0v) is 13.3. The molecule has 3 nitrogen and oxygen atoms in total. The van der Waals surface area contributed by atoms with Crippen molar-refractivity contribution in [2.45, 2.75) is 34.6 Å². The normalized spacial score (nSPS) is 10.3. The van der Waals surface area contributed by atoms with Gasteiger partial charge in [0.1, 0.15) is 0 Å². The minimum absolute atomic E-state index is 0.209. The van der Waals surface area contributed by atoms with E-state index in [0.717, 1.165) is 33.6 Å². The van der Waals surface area contributed by atoms with Gasteiger partial charge in [-0.1, -0.05) is 29.8 Å². The van der Waals surface area contributed by atoms with Crippen LogP contribution in [0.15, 0.2) is 30.3 Å². The average Bonchev–Trinajstić information content (AvgIpc) is 2.38. The van der Waals surface area contributed by atoms with Gasteiger partial charge in [0, 0.05) is 11.4 Å². The van der Waals surface area contributed by atoms with Gasteiger partial charge in [0.2, 0.25) is 0 Å². The van der Waals surface area contributed by atoms with E-state index in [2.05, 4.69) is 29.7 Å². The SMILES string of the molecule is Cc1cc(C)c(NC(=O)Nc2cc(C)ccc2C)c(C)c1. The van der Waals surface area contributed by atoms with Gasteiger partial charge in [-0.3, -0.25) is 0 Å². The molecule has 21 heavy (non-hydrogen) atoms. The largest absolute Gasteiger partial charge is 0.323 e. The summed E-state index contributed by atoms with van der Waals surface area (Å²) >= 11 is 0. The standard InChI is InChI=1S/C18H22N2O/c1-11-6-7-13(3)16(10-11)19-18(21)20-17-14(4)8-12(2)9-15(17)5/h6-10H,1-5H3,(H2,19,20,21). The van der Waals surface area contributed by atoms with Crippen molar-refractivity contribution in [3.63, 3.8) is 0 Å². The number of anilines is 2. The van der Waals surface area contributed by atoms with Gasteiger partial charge in [-0.2, -0.15) is 0 Å². The second-order valence-electron chi connectivity index (χ2n) is 5.67. The lowest BCUT2D eigenvalue weighted by atomic mass is 10.1. The zero-order valence-electron chi connectivity index (χ0n) is 13.3. The number of urea groups is 1. The highest BCUT2D eigenvalue weighted by Gasteiger charge is 2.09. The maximum atomic E-state index is 12.2. The number of carbonyl (C=O) groups excluding carboxylic acids is 1. The molecule has 0 unspecified atom stereocenters. The second-order valence-corrected chi connectivity index (χ2v) is 5.67. The van der Waals surface area contributed by atoms with Crippen LogP contribution >= 0.6 is 0 Å². The molecule has 2 aromatic rings. The van der Waals surface area contributed by atoms with Gasteiger partial charge in [0.15, 0.2) is 0 Å². The Labute approximate surface area is 126 Å². The van der Waals surface area contributed by atoms with Crippen molar-refractivity contribution in [2.24, 2.45) is 0 Å². The van der Waals surface area contributed by atoms with Crippen LogP contribution in [0, 0.1) is 34.6 Å². The van der Waals surface area contributed by atoms with Crippen molar-refractivity contribution in [3.05, 3.63) is 58.1 Å². The molecule has 0 atom stereocenters. The summed E-state index contributed by atoms with van der Waals surface area (Å²) < 4.78 is 0. The number of rotatable bonds is 2. The summed E-state index contributed by atoms with van der Waals surface area (Å²) in [5.41, 5.74) is 7.24. The molecule has 0 aromatic heterocycles. The van der Waals surface area contributed by atoms with Crippen LogP contribution in [0.25, 0.3) is 0 Å². The number of carbonyl (C=O) groups is 1. The maximum absolute atomic E-state index is 12.2. The number of hydrogen-bond acceptors (Lipinski definition) is 1. The van der Waals surface area contributed by atoms with Crippen molar-refractivity contribution in [3.8, 4) is 0 Å². The van der Waals surface area contributed by atoms with Gasteiger partial charge in [0.25, 0.3) is 0 Å². The molecular weight excluding hydrogens is 260 g/mol. The van der Waals surface area contributed by atoms with E-state index < -0.39 is 0 Å². The van der Waals surface area contributed by atoms with Crippen LogP contribution in [0.4, 0.5) is 16.2 Å². The van der Waals surface area contributed by atoms with Crippen LogP contribution in [0.3, 0.4) is 0 Å². The fraction of sp³-hybridized carbons (Fsp3) is 0.278. The van der Waals surface area contributed by atoms with Crippen LogP contribution in [-0.4, -0.2) is 6.03 Å². The van der Waals surface area contributed by atoms with E-state index in [0.29, 0.717) is 0 Å². The van der Waals surface area contributed by atoms with Gasteiger partial charge in [-0.25, -0.2) is 4.79 Å². The van der Waals surface area contributed by atoms with Crippen molar-refractivity contribution >= 4 is 17.4 Å². The number of nitrogens with one attached hydrogen (secondary N) is 2. The summed E-state index contributed by atoms with van der Waals surface area (Å²) in [5, 5.41) is 5.87. The molecule has 0 fully saturated rings. The third-order valence-corrected chi connectivity index (χ3v) is 3.56. The first kappa shape index (κ1) is 15.1. The molecule has 0 radical (unpaired) electrons. The Kier molecular flexibility index (Phi) is 4.32. The monoisotopic (exact) mass is 282 g/mol. The van der Waals surface area contributed by atoms with Gasteiger partial charge < -0.3 is 10.6 Å². The Hall–Kier alpha value is -2.29. The van der Waals surface area contributed by atoms with Crippen LogP contribution in [0.5, 0.6) is 0 Å². The molecule has 0 aliphatic rings. The molecule has 0 aliphatic carbocycles. The van der Waals surface area contributed by atoms with E-state index in [1.54, 1.807) is 0 Å². The van der Waals surface area contributed by atoms with E-state index in [1.165, 1.54) is 5.56 Å². The third kappa shape index (κ3) is 3.63. The first-order chi connectivity index (χ1) is 9.86. The van der Waals surface area contributed by atoms with Crippen molar-refractivity contribution in [1.82, 2.24) is 0 Å². The van der Waals surface area contributed by atoms with Crippen LogP contribution in [0.2, 0.25) is 0 Å². The molecule has 2 aromatic carbocycles. The fourth-order valence-corrected chi connectivity index (χ4v) is 2.51. The second kappa shape index (κ2) is 6.00. The molecule has 0 saturated carbocycles. The van der Waals surface area contributed by atoms with E-state index in [1.807, 2.05) is 45.9 Å². The van der Waals surface area contributed by atoms with Crippen molar-refractivity contribution in [2.75, 3.05) is 10.6 Å². The van der Waals surface area contributed by atoms with Crippen LogP contribution in [-0.2, 0) is 0 Å². The molecule has 0 bridgehead atoms. The smallest absolute Gasteiger partial charge is 0.307 e. The first-order valence-corrected chi connectivity index (χ1v) is 7.10. The lowest BCUT2D eigenvalue weighted by Crippen LogP contribution is -2.21. The fourth-order valence-electron chi connectivity index (χ4n) is 2.51. The molecule has 2 N–H and O–H groups in total. The topological polar surface area (TPSA) is 41.1 Å².